The SMILES string of the molecule is CC(C)(C1CCC1)C(C)(C)C(O)C(N)=O. The molecule has 0 aromatic rings. The molecule has 0 aliphatic heterocycles. The number of carbonyl (C=O) groups is 1. The second-order valence-corrected chi connectivity index (χ2v) is 5.88. The summed E-state index contributed by atoms with van der Waals surface area (Å²) in [6, 6.07) is 0. The van der Waals surface area contributed by atoms with Crippen LogP contribution in [0.4, 0.5) is 0 Å². The van der Waals surface area contributed by atoms with Crippen LogP contribution in [0.25, 0.3) is 0 Å². The van der Waals surface area contributed by atoms with E-state index in [1.165, 1.54) is 19.3 Å². The summed E-state index contributed by atoms with van der Waals surface area (Å²) in [4.78, 5) is 11.1. The Balaban J connectivity index is 2.86. The van der Waals surface area contributed by atoms with Crippen LogP contribution in [0, 0.1) is 16.7 Å². The number of amides is 1. The van der Waals surface area contributed by atoms with Gasteiger partial charge >= 0.3 is 0 Å². The normalized spacial score (nSPS) is 20.9. The van der Waals surface area contributed by atoms with Crippen molar-refractivity contribution < 1.29 is 9.90 Å². The Hall–Kier alpha value is -0.570. The van der Waals surface area contributed by atoms with Crippen LogP contribution < -0.4 is 5.73 Å². The van der Waals surface area contributed by atoms with E-state index in [0.29, 0.717) is 5.92 Å². The van der Waals surface area contributed by atoms with Crippen LogP contribution in [0.3, 0.4) is 0 Å². The van der Waals surface area contributed by atoms with Crippen molar-refractivity contribution in [1.82, 2.24) is 0 Å². The second kappa shape index (κ2) is 3.78. The van der Waals surface area contributed by atoms with Crippen LogP contribution in [0.1, 0.15) is 47.0 Å². The fraction of sp³-hybridized carbons (Fsp3) is 0.917. The maximum absolute atomic E-state index is 11.1. The van der Waals surface area contributed by atoms with Crippen LogP contribution in [0.5, 0.6) is 0 Å². The molecule has 0 aromatic heterocycles. The van der Waals surface area contributed by atoms with Gasteiger partial charge in [0.15, 0.2) is 0 Å². The molecule has 1 fully saturated rings. The average molecular weight is 213 g/mol. The zero-order chi connectivity index (χ0) is 11.9. The molecule has 3 N–H and O–H groups in total. The third-order valence-electron chi connectivity index (χ3n) is 4.74. The molecule has 1 atom stereocenters. The van der Waals surface area contributed by atoms with E-state index in [1.807, 2.05) is 13.8 Å². The minimum Gasteiger partial charge on any atom is -0.383 e. The summed E-state index contributed by atoms with van der Waals surface area (Å²) in [5.41, 5.74) is 4.67. The van der Waals surface area contributed by atoms with E-state index in [4.69, 9.17) is 5.73 Å². The number of rotatable bonds is 4. The number of nitrogens with two attached hydrogens (primary N) is 1. The molecule has 3 nitrogen and oxygen atoms in total. The first-order chi connectivity index (χ1) is 6.71. The number of carbonyl (C=O) groups excluding carboxylic acids is 1. The molecule has 0 radical (unpaired) electrons. The minimum atomic E-state index is -1.06. The van der Waals surface area contributed by atoms with E-state index in [-0.39, 0.29) is 5.41 Å². The van der Waals surface area contributed by atoms with Gasteiger partial charge in [0, 0.05) is 5.41 Å². The Morgan fingerprint density at radius 2 is 1.80 bits per heavy atom. The van der Waals surface area contributed by atoms with Gasteiger partial charge < -0.3 is 10.8 Å². The summed E-state index contributed by atoms with van der Waals surface area (Å²) < 4.78 is 0. The third kappa shape index (κ3) is 1.89. The zero-order valence-electron chi connectivity index (χ0n) is 10.2. The van der Waals surface area contributed by atoms with Gasteiger partial charge in [0.2, 0.25) is 5.91 Å². The number of hydrogen-bond acceptors (Lipinski definition) is 2. The Bertz CT molecular complexity index is 254. The Kier molecular flexibility index (Phi) is 3.15. The van der Waals surface area contributed by atoms with E-state index in [1.54, 1.807) is 0 Å². The summed E-state index contributed by atoms with van der Waals surface area (Å²) >= 11 is 0. The second-order valence-electron chi connectivity index (χ2n) is 5.88. The van der Waals surface area contributed by atoms with Crippen molar-refractivity contribution in [2.24, 2.45) is 22.5 Å². The molecule has 0 spiro atoms. The van der Waals surface area contributed by atoms with Gasteiger partial charge in [0.1, 0.15) is 6.10 Å². The van der Waals surface area contributed by atoms with Gasteiger partial charge in [0.05, 0.1) is 0 Å². The van der Waals surface area contributed by atoms with E-state index in [2.05, 4.69) is 13.8 Å². The molecule has 1 saturated carbocycles. The molecule has 1 amide bonds. The minimum absolute atomic E-state index is 0.0559. The molecule has 0 heterocycles. The highest BCUT2D eigenvalue weighted by molar-refractivity contribution is 5.79. The van der Waals surface area contributed by atoms with Crippen molar-refractivity contribution in [3.63, 3.8) is 0 Å². The van der Waals surface area contributed by atoms with Crippen molar-refractivity contribution in [2.45, 2.75) is 53.1 Å². The molecule has 1 aliphatic carbocycles. The molecule has 3 heteroatoms. The Morgan fingerprint density at radius 1 is 1.33 bits per heavy atom. The first-order valence-electron chi connectivity index (χ1n) is 5.68. The molecule has 15 heavy (non-hydrogen) atoms. The fourth-order valence-corrected chi connectivity index (χ4v) is 2.36. The summed E-state index contributed by atoms with van der Waals surface area (Å²) in [6.07, 6.45) is 2.59. The van der Waals surface area contributed by atoms with Crippen molar-refractivity contribution in [2.75, 3.05) is 0 Å². The van der Waals surface area contributed by atoms with Crippen molar-refractivity contribution in [1.29, 1.82) is 0 Å². The predicted molar refractivity (Wildman–Crippen MR) is 60.1 cm³/mol. The first kappa shape index (κ1) is 12.5. The lowest BCUT2D eigenvalue weighted by molar-refractivity contribution is -0.143. The van der Waals surface area contributed by atoms with E-state index in [9.17, 15) is 9.90 Å². The zero-order valence-corrected chi connectivity index (χ0v) is 10.2. The quantitative estimate of drug-likeness (QED) is 0.746. The van der Waals surface area contributed by atoms with Crippen molar-refractivity contribution in [3.8, 4) is 0 Å². The molecule has 88 valence electrons. The third-order valence-corrected chi connectivity index (χ3v) is 4.74. The molecule has 1 rings (SSSR count). The fourth-order valence-electron chi connectivity index (χ4n) is 2.36. The van der Waals surface area contributed by atoms with Gasteiger partial charge in [-0.1, -0.05) is 34.1 Å². The van der Waals surface area contributed by atoms with Crippen molar-refractivity contribution in [3.05, 3.63) is 0 Å². The Morgan fingerprint density at radius 3 is 2.07 bits per heavy atom. The smallest absolute Gasteiger partial charge is 0.246 e. The van der Waals surface area contributed by atoms with Crippen LogP contribution in [0.15, 0.2) is 0 Å². The summed E-state index contributed by atoms with van der Waals surface area (Å²) in [7, 11) is 0. The van der Waals surface area contributed by atoms with E-state index >= 15 is 0 Å². The number of aliphatic hydroxyl groups is 1. The van der Waals surface area contributed by atoms with Gasteiger partial charge in [-0.05, 0) is 24.2 Å². The molecular weight excluding hydrogens is 190 g/mol. The highest BCUT2D eigenvalue weighted by Gasteiger charge is 2.50. The first-order valence-corrected chi connectivity index (χ1v) is 5.68. The lowest BCUT2D eigenvalue weighted by Crippen LogP contribution is -2.52. The highest BCUT2D eigenvalue weighted by Crippen LogP contribution is 2.53. The van der Waals surface area contributed by atoms with Crippen molar-refractivity contribution >= 4 is 5.91 Å². The maximum Gasteiger partial charge on any atom is 0.246 e. The van der Waals surface area contributed by atoms with Gasteiger partial charge in [-0.25, -0.2) is 0 Å². The van der Waals surface area contributed by atoms with Crippen LogP contribution in [0.2, 0.25) is 0 Å². The molecule has 1 aliphatic rings. The van der Waals surface area contributed by atoms with Gasteiger partial charge in [-0.15, -0.1) is 0 Å². The summed E-state index contributed by atoms with van der Waals surface area (Å²) in [5, 5.41) is 9.88. The Labute approximate surface area is 92.0 Å². The maximum atomic E-state index is 11.1. The van der Waals surface area contributed by atoms with Crippen LogP contribution in [-0.4, -0.2) is 17.1 Å². The lowest BCUT2D eigenvalue weighted by atomic mass is 9.54. The molecule has 0 saturated heterocycles. The van der Waals surface area contributed by atoms with Gasteiger partial charge in [0.25, 0.3) is 0 Å². The van der Waals surface area contributed by atoms with E-state index < -0.39 is 17.4 Å². The molecule has 1 unspecified atom stereocenters. The van der Waals surface area contributed by atoms with Gasteiger partial charge in [-0.2, -0.15) is 0 Å². The largest absolute Gasteiger partial charge is 0.383 e. The standard InChI is InChI=1S/C12H23NO2/c1-11(2,8-6-5-7-8)12(3,4)9(14)10(13)15/h8-9,14H,5-7H2,1-4H3,(H2,13,15). The predicted octanol–water partition coefficient (Wildman–Crippen LogP) is 1.69. The summed E-state index contributed by atoms with van der Waals surface area (Å²) in [6.45, 7) is 8.12. The topological polar surface area (TPSA) is 63.3 Å². The van der Waals surface area contributed by atoms with Crippen LogP contribution >= 0.6 is 0 Å². The van der Waals surface area contributed by atoms with Gasteiger partial charge in [-0.3, -0.25) is 4.79 Å². The molecule has 0 bridgehead atoms. The average Bonchev–Trinajstić information content (AvgIpc) is 1.97. The monoisotopic (exact) mass is 213 g/mol. The van der Waals surface area contributed by atoms with E-state index in [0.717, 1.165) is 0 Å². The number of aliphatic hydroxyl groups excluding tert-OH is 1. The van der Waals surface area contributed by atoms with Crippen LogP contribution in [-0.2, 0) is 4.79 Å². The number of primary amides is 1. The molecular formula is C12H23NO2. The highest BCUT2D eigenvalue weighted by atomic mass is 16.3. The summed E-state index contributed by atoms with van der Waals surface area (Å²) in [5.74, 6) is -0.0195. The molecule has 0 aromatic carbocycles. The number of hydrogen-bond donors (Lipinski definition) is 2. The lowest BCUT2D eigenvalue weighted by Gasteiger charge is -2.51.